The van der Waals surface area contributed by atoms with Gasteiger partial charge >= 0.3 is 5.92 Å². The van der Waals surface area contributed by atoms with Gasteiger partial charge in [-0.25, -0.2) is 0 Å². The minimum atomic E-state index is -3.39. The number of rotatable bonds is 5. The Balaban J connectivity index is 1.62. The fourth-order valence-corrected chi connectivity index (χ4v) is 3.89. The number of hydrogen-bond donors (Lipinski definition) is 1. The van der Waals surface area contributed by atoms with Gasteiger partial charge in [-0.05, 0) is 54.2 Å². The number of aromatic nitrogens is 6. The van der Waals surface area contributed by atoms with E-state index in [0.29, 0.717) is 23.5 Å². The van der Waals surface area contributed by atoms with Crippen molar-refractivity contribution in [3.05, 3.63) is 70.2 Å². The summed E-state index contributed by atoms with van der Waals surface area (Å²) in [7, 11) is 0. The van der Waals surface area contributed by atoms with Crippen LogP contribution < -0.4 is 0 Å². The molecule has 0 saturated heterocycles. The minimum Gasteiger partial charge on any atom is -0.260 e. The highest BCUT2D eigenvalue weighted by Crippen LogP contribution is 2.43. The summed E-state index contributed by atoms with van der Waals surface area (Å²) in [6.45, 7) is 2.19. The third kappa shape index (κ3) is 2.92. The zero-order valence-corrected chi connectivity index (χ0v) is 16.1. The molecule has 1 fully saturated rings. The average molecular weight is 405 g/mol. The Kier molecular flexibility index (Phi) is 4.10. The number of alkyl halides is 2. The fraction of sp³-hybridized carbons (Fsp3) is 0.286. The summed E-state index contributed by atoms with van der Waals surface area (Å²) < 4.78 is 31.4. The van der Waals surface area contributed by atoms with Crippen molar-refractivity contribution >= 4 is 10.9 Å². The first-order valence-electron chi connectivity index (χ1n) is 9.60. The first-order chi connectivity index (χ1) is 14.5. The number of aromatic amines is 1. The number of nitrogens with one attached hydrogen (secondary N) is 1. The van der Waals surface area contributed by atoms with Crippen LogP contribution in [0.5, 0.6) is 0 Å². The molecule has 7 nitrogen and oxygen atoms in total. The van der Waals surface area contributed by atoms with E-state index in [1.165, 1.54) is 12.1 Å². The smallest absolute Gasteiger partial charge is 0.260 e. The van der Waals surface area contributed by atoms with Gasteiger partial charge in [-0.3, -0.25) is 4.68 Å². The highest BCUT2D eigenvalue weighted by Gasteiger charge is 2.39. The van der Waals surface area contributed by atoms with E-state index in [4.69, 9.17) is 0 Å². The van der Waals surface area contributed by atoms with Crippen LogP contribution in [-0.2, 0) is 12.5 Å². The van der Waals surface area contributed by atoms with Crippen LogP contribution in [0.4, 0.5) is 8.78 Å². The van der Waals surface area contributed by atoms with E-state index in [-0.39, 0.29) is 5.56 Å². The van der Waals surface area contributed by atoms with Crippen LogP contribution in [-0.4, -0.2) is 30.4 Å². The van der Waals surface area contributed by atoms with Crippen LogP contribution in [0.2, 0.25) is 0 Å². The topological polar surface area (TPSA) is 96.1 Å². The molecule has 1 aliphatic rings. The van der Waals surface area contributed by atoms with E-state index >= 15 is 0 Å². The van der Waals surface area contributed by atoms with Crippen molar-refractivity contribution in [2.45, 2.75) is 38.2 Å². The maximum Gasteiger partial charge on any atom is 0.335 e. The molecule has 0 spiro atoms. The lowest BCUT2D eigenvalue weighted by molar-refractivity contribution is 0.0330. The van der Waals surface area contributed by atoms with E-state index in [2.05, 4.69) is 31.8 Å². The predicted octanol–water partition coefficient (Wildman–Crippen LogP) is 3.80. The number of halogens is 2. The molecule has 150 valence electrons. The predicted molar refractivity (Wildman–Crippen MR) is 104 cm³/mol. The molecule has 5 rings (SSSR count). The monoisotopic (exact) mass is 405 g/mol. The highest BCUT2D eigenvalue weighted by atomic mass is 19.3. The number of hydrogen-bond acceptors (Lipinski definition) is 5. The first-order valence-corrected chi connectivity index (χ1v) is 9.60. The molecule has 1 aliphatic carbocycles. The Morgan fingerprint density at radius 3 is 2.80 bits per heavy atom. The van der Waals surface area contributed by atoms with Crippen molar-refractivity contribution in [1.82, 2.24) is 30.4 Å². The molecule has 2 aromatic heterocycles. The van der Waals surface area contributed by atoms with Gasteiger partial charge in [0.05, 0.1) is 29.4 Å². The number of fused-ring (bicyclic) bond motifs is 1. The molecule has 2 heterocycles. The second kappa shape index (κ2) is 6.69. The van der Waals surface area contributed by atoms with Gasteiger partial charge in [0.25, 0.3) is 0 Å². The highest BCUT2D eigenvalue weighted by molar-refractivity contribution is 5.83. The molecule has 0 unspecified atom stereocenters. The van der Waals surface area contributed by atoms with E-state index in [1.54, 1.807) is 16.8 Å². The Morgan fingerprint density at radius 1 is 1.27 bits per heavy atom. The van der Waals surface area contributed by atoms with E-state index < -0.39 is 11.7 Å². The molecule has 0 atom stereocenters. The maximum atomic E-state index is 14.9. The van der Waals surface area contributed by atoms with Gasteiger partial charge in [0.2, 0.25) is 5.82 Å². The molecular weight excluding hydrogens is 388 g/mol. The summed E-state index contributed by atoms with van der Waals surface area (Å²) in [5.41, 5.74) is 3.71. The number of tetrazole rings is 1. The van der Waals surface area contributed by atoms with Gasteiger partial charge in [-0.1, -0.05) is 24.3 Å². The third-order valence-electron chi connectivity index (χ3n) is 5.58. The summed E-state index contributed by atoms with van der Waals surface area (Å²) in [6, 6.07) is 12.4. The Labute approximate surface area is 170 Å². The number of nitrogens with zero attached hydrogens (tertiary/aromatic N) is 6. The summed E-state index contributed by atoms with van der Waals surface area (Å²) in [5, 5.41) is 27.2. The molecule has 0 aliphatic heterocycles. The van der Waals surface area contributed by atoms with Gasteiger partial charge in [0.15, 0.2) is 0 Å². The summed E-state index contributed by atoms with van der Waals surface area (Å²) in [6.07, 6.45) is 2.20. The number of nitriles is 1. The molecule has 0 amide bonds. The Morgan fingerprint density at radius 2 is 2.10 bits per heavy atom. The molecule has 0 radical (unpaired) electrons. The lowest BCUT2D eigenvalue weighted by atomic mass is 9.98. The van der Waals surface area contributed by atoms with Crippen LogP contribution in [0, 0.1) is 18.3 Å². The largest absolute Gasteiger partial charge is 0.335 e. The maximum absolute atomic E-state index is 14.9. The van der Waals surface area contributed by atoms with E-state index in [9.17, 15) is 14.0 Å². The number of benzene rings is 2. The van der Waals surface area contributed by atoms with Crippen molar-refractivity contribution in [3.8, 4) is 6.07 Å². The molecule has 2 aromatic carbocycles. The molecular formula is C21H17F2N7. The Bertz CT molecular complexity index is 1280. The van der Waals surface area contributed by atoms with Crippen molar-refractivity contribution in [3.63, 3.8) is 0 Å². The minimum absolute atomic E-state index is 0.242. The van der Waals surface area contributed by atoms with Crippen LogP contribution >= 0.6 is 0 Å². The normalized spacial score (nSPS) is 14.2. The van der Waals surface area contributed by atoms with Crippen LogP contribution in [0.1, 0.15) is 52.5 Å². The lowest BCUT2D eigenvalue weighted by Gasteiger charge is -2.14. The Hall–Kier alpha value is -3.67. The van der Waals surface area contributed by atoms with Crippen molar-refractivity contribution < 1.29 is 8.78 Å². The van der Waals surface area contributed by atoms with E-state index in [1.807, 2.05) is 19.1 Å². The van der Waals surface area contributed by atoms with Crippen molar-refractivity contribution in [1.29, 1.82) is 5.26 Å². The molecule has 0 bridgehead atoms. The van der Waals surface area contributed by atoms with Crippen molar-refractivity contribution in [2.75, 3.05) is 0 Å². The van der Waals surface area contributed by atoms with Gasteiger partial charge < -0.3 is 0 Å². The molecule has 30 heavy (non-hydrogen) atoms. The molecule has 4 aromatic rings. The molecule has 1 saturated carbocycles. The average Bonchev–Trinajstić information content (AvgIpc) is 3.33. The second-order valence-electron chi connectivity index (χ2n) is 7.54. The van der Waals surface area contributed by atoms with Crippen LogP contribution in [0.25, 0.3) is 10.9 Å². The van der Waals surface area contributed by atoms with Gasteiger partial charge in [-0.15, -0.1) is 10.2 Å². The molecule has 9 heteroatoms. The summed E-state index contributed by atoms with van der Waals surface area (Å²) in [5.74, 6) is -3.63. The van der Waals surface area contributed by atoms with Gasteiger partial charge in [-0.2, -0.15) is 24.4 Å². The van der Waals surface area contributed by atoms with Gasteiger partial charge in [0.1, 0.15) is 0 Å². The lowest BCUT2D eigenvalue weighted by Crippen LogP contribution is -2.17. The van der Waals surface area contributed by atoms with Crippen molar-refractivity contribution in [2.24, 2.45) is 0 Å². The van der Waals surface area contributed by atoms with Gasteiger partial charge in [0, 0.05) is 10.9 Å². The standard InChI is InChI=1S/C21H17F2N7/c1-12-16-8-7-15(21(22,23)20-25-28-29-26-20)9-19(16)30(27-12)11-18-14(10-24)3-2-4-17(18)13-5-6-13/h2-4,7-9,13H,5-6,11H2,1H3,(H,25,26,28,29). The number of aryl methyl sites for hydroxylation is 1. The SMILES string of the molecule is Cc1nn(Cc2c(C#N)cccc2C2CC2)c2cc(C(F)(F)c3nn[nH]n3)ccc12. The second-order valence-corrected chi connectivity index (χ2v) is 7.54. The number of H-pyrrole nitrogens is 1. The molecule has 1 N–H and O–H groups in total. The van der Waals surface area contributed by atoms with E-state index in [0.717, 1.165) is 35.0 Å². The third-order valence-corrected chi connectivity index (χ3v) is 5.58. The zero-order valence-electron chi connectivity index (χ0n) is 16.1. The fourth-order valence-electron chi connectivity index (χ4n) is 3.89. The summed E-state index contributed by atoms with van der Waals surface area (Å²) >= 11 is 0. The quantitative estimate of drug-likeness (QED) is 0.545. The zero-order chi connectivity index (χ0) is 20.9. The summed E-state index contributed by atoms with van der Waals surface area (Å²) in [4.78, 5) is 0. The van der Waals surface area contributed by atoms with Crippen LogP contribution in [0.3, 0.4) is 0 Å². The first kappa shape index (κ1) is 18.4. The van der Waals surface area contributed by atoms with Crippen LogP contribution in [0.15, 0.2) is 36.4 Å².